The average molecular weight is 271 g/mol. The molecule has 2 aromatic rings. The Morgan fingerprint density at radius 2 is 1.90 bits per heavy atom. The summed E-state index contributed by atoms with van der Waals surface area (Å²) in [4.78, 5) is 27.0. The smallest absolute Gasteiger partial charge is 0.280 e. The molecule has 0 radical (unpaired) electrons. The Labute approximate surface area is 115 Å². The van der Waals surface area contributed by atoms with Crippen LogP contribution in [0, 0.1) is 0 Å². The third kappa shape index (κ3) is 3.39. The molecule has 1 aromatic heterocycles. The number of aromatic nitrogens is 1. The maximum absolute atomic E-state index is 11.9. The molecule has 0 atom stereocenters. The zero-order valence-corrected chi connectivity index (χ0v) is 10.6. The molecule has 2 amide bonds. The fourth-order valence-corrected chi connectivity index (χ4v) is 1.50. The Morgan fingerprint density at radius 1 is 1.15 bits per heavy atom. The third-order valence-corrected chi connectivity index (χ3v) is 2.40. The van der Waals surface area contributed by atoms with Crippen molar-refractivity contribution < 1.29 is 14.3 Å². The summed E-state index contributed by atoms with van der Waals surface area (Å²) in [5.41, 5.74) is 5.17. The lowest BCUT2D eigenvalue weighted by molar-refractivity contribution is -0.118. The van der Waals surface area contributed by atoms with Crippen LogP contribution in [-0.4, -0.2) is 23.3 Å². The van der Waals surface area contributed by atoms with Crippen molar-refractivity contribution >= 4 is 11.8 Å². The number of nitrogens with one attached hydrogen (secondary N) is 1. The van der Waals surface area contributed by atoms with E-state index in [-0.39, 0.29) is 18.0 Å². The highest BCUT2D eigenvalue weighted by Crippen LogP contribution is 2.23. The van der Waals surface area contributed by atoms with E-state index in [0.717, 1.165) is 0 Å². The number of hydrogen-bond acceptors (Lipinski definition) is 5. The van der Waals surface area contributed by atoms with Crippen LogP contribution in [0.3, 0.4) is 0 Å². The summed E-state index contributed by atoms with van der Waals surface area (Å²) in [6.07, 6.45) is 1.44. The Hall–Kier alpha value is -2.73. The molecule has 1 aromatic carbocycles. The number of imide groups is 1. The molecule has 0 fully saturated rings. The van der Waals surface area contributed by atoms with Crippen molar-refractivity contribution in [1.82, 2.24) is 10.3 Å². The van der Waals surface area contributed by atoms with Gasteiger partial charge in [0.2, 0.25) is 5.91 Å². The molecule has 6 heteroatoms. The van der Waals surface area contributed by atoms with Gasteiger partial charge in [-0.1, -0.05) is 18.2 Å². The maximum Gasteiger partial charge on any atom is 0.280 e. The number of nitrogens with two attached hydrogens (primary N) is 1. The molecule has 0 unspecified atom stereocenters. The topological polar surface area (TPSA) is 94.3 Å². The van der Waals surface area contributed by atoms with Crippen molar-refractivity contribution in [2.24, 2.45) is 5.73 Å². The first-order valence-corrected chi connectivity index (χ1v) is 5.93. The quantitative estimate of drug-likeness (QED) is 0.868. The molecule has 0 saturated carbocycles. The molecule has 0 aliphatic carbocycles. The first kappa shape index (κ1) is 13.7. The second-order valence-electron chi connectivity index (χ2n) is 3.85. The minimum absolute atomic E-state index is 0.0261. The Kier molecular flexibility index (Phi) is 4.41. The lowest BCUT2D eigenvalue weighted by Crippen LogP contribution is -2.35. The Balaban J connectivity index is 2.22. The number of amides is 2. The molecule has 2 rings (SSSR count). The first-order chi connectivity index (χ1) is 9.70. The van der Waals surface area contributed by atoms with Gasteiger partial charge < -0.3 is 10.5 Å². The predicted octanol–water partition coefficient (Wildman–Crippen LogP) is 1.09. The molecular weight excluding hydrogens is 258 g/mol. The normalized spacial score (nSPS) is 9.85. The van der Waals surface area contributed by atoms with E-state index >= 15 is 0 Å². The molecule has 102 valence electrons. The summed E-state index contributed by atoms with van der Waals surface area (Å²) >= 11 is 0. The van der Waals surface area contributed by atoms with Gasteiger partial charge in [-0.05, 0) is 24.3 Å². The molecule has 1 heterocycles. The predicted molar refractivity (Wildman–Crippen MR) is 72.3 cm³/mol. The molecule has 3 N–H and O–H groups in total. The molecule has 0 spiro atoms. The van der Waals surface area contributed by atoms with Gasteiger partial charge in [0.1, 0.15) is 5.75 Å². The van der Waals surface area contributed by atoms with E-state index in [1.165, 1.54) is 6.20 Å². The van der Waals surface area contributed by atoms with Gasteiger partial charge in [0.25, 0.3) is 5.91 Å². The number of carbonyl (C=O) groups is 2. The highest BCUT2D eigenvalue weighted by Gasteiger charge is 2.16. The fraction of sp³-hybridized carbons (Fsp3) is 0.0714. The van der Waals surface area contributed by atoms with E-state index in [1.54, 1.807) is 24.3 Å². The van der Waals surface area contributed by atoms with Gasteiger partial charge in [-0.25, -0.2) is 4.98 Å². The Morgan fingerprint density at radius 3 is 2.60 bits per heavy atom. The van der Waals surface area contributed by atoms with E-state index in [4.69, 9.17) is 10.5 Å². The molecule has 0 aliphatic heterocycles. The van der Waals surface area contributed by atoms with Gasteiger partial charge in [-0.3, -0.25) is 14.9 Å². The van der Waals surface area contributed by atoms with Crippen molar-refractivity contribution in [1.29, 1.82) is 0 Å². The molecular formula is C14H13N3O3. The largest absolute Gasteiger partial charge is 0.455 e. The van der Waals surface area contributed by atoms with Gasteiger partial charge in [-0.15, -0.1) is 0 Å². The number of hydrogen-bond donors (Lipinski definition) is 2. The Bertz CT molecular complexity index is 614. The van der Waals surface area contributed by atoms with Crippen LogP contribution in [0.25, 0.3) is 0 Å². The second-order valence-corrected chi connectivity index (χ2v) is 3.85. The van der Waals surface area contributed by atoms with Crippen LogP contribution in [0.2, 0.25) is 0 Å². The first-order valence-electron chi connectivity index (χ1n) is 5.93. The minimum Gasteiger partial charge on any atom is -0.455 e. The van der Waals surface area contributed by atoms with Crippen LogP contribution in [-0.2, 0) is 4.79 Å². The summed E-state index contributed by atoms with van der Waals surface area (Å²) in [5.74, 6) is -0.390. The average Bonchev–Trinajstić information content (AvgIpc) is 2.48. The van der Waals surface area contributed by atoms with Crippen LogP contribution in [0.15, 0.2) is 48.7 Å². The number of ether oxygens (including phenoxy) is 1. The zero-order valence-electron chi connectivity index (χ0n) is 10.6. The fourth-order valence-electron chi connectivity index (χ4n) is 1.50. The third-order valence-electron chi connectivity index (χ3n) is 2.40. The van der Waals surface area contributed by atoms with Crippen LogP contribution in [0.5, 0.6) is 11.5 Å². The number of para-hydroxylation sites is 1. The minimum atomic E-state index is -0.646. The van der Waals surface area contributed by atoms with E-state index in [0.29, 0.717) is 5.75 Å². The zero-order chi connectivity index (χ0) is 14.4. The highest BCUT2D eigenvalue weighted by atomic mass is 16.5. The standard InChI is InChI=1S/C14H13N3O3/c15-9-12(18)17-14(19)13-11(7-4-8-16-13)20-10-5-2-1-3-6-10/h1-8H,9,15H2,(H,17,18,19). The summed E-state index contributed by atoms with van der Waals surface area (Å²) < 4.78 is 5.58. The van der Waals surface area contributed by atoms with E-state index in [9.17, 15) is 9.59 Å². The lowest BCUT2D eigenvalue weighted by atomic mass is 10.3. The van der Waals surface area contributed by atoms with Crippen molar-refractivity contribution in [3.8, 4) is 11.5 Å². The van der Waals surface area contributed by atoms with Crippen LogP contribution in [0.4, 0.5) is 0 Å². The second kappa shape index (κ2) is 6.44. The molecule has 6 nitrogen and oxygen atoms in total. The number of nitrogens with zero attached hydrogens (tertiary/aromatic N) is 1. The molecule has 0 bridgehead atoms. The highest BCUT2D eigenvalue weighted by molar-refractivity contribution is 6.05. The summed E-state index contributed by atoms with van der Waals surface area (Å²) in [5, 5.41) is 2.13. The maximum atomic E-state index is 11.9. The molecule has 0 aliphatic rings. The number of benzene rings is 1. The van der Waals surface area contributed by atoms with Crippen LogP contribution in [0.1, 0.15) is 10.5 Å². The van der Waals surface area contributed by atoms with E-state index in [1.807, 2.05) is 18.2 Å². The van der Waals surface area contributed by atoms with E-state index < -0.39 is 11.8 Å². The summed E-state index contributed by atoms with van der Waals surface area (Å²) in [6.45, 7) is -0.270. The monoisotopic (exact) mass is 271 g/mol. The SMILES string of the molecule is NCC(=O)NC(=O)c1ncccc1Oc1ccccc1. The number of rotatable bonds is 4. The van der Waals surface area contributed by atoms with Gasteiger partial charge in [0, 0.05) is 6.20 Å². The van der Waals surface area contributed by atoms with Crippen molar-refractivity contribution in [2.75, 3.05) is 6.54 Å². The van der Waals surface area contributed by atoms with Crippen molar-refractivity contribution in [3.05, 3.63) is 54.4 Å². The van der Waals surface area contributed by atoms with Crippen molar-refractivity contribution in [2.45, 2.75) is 0 Å². The summed E-state index contributed by atoms with van der Waals surface area (Å²) in [7, 11) is 0. The van der Waals surface area contributed by atoms with E-state index in [2.05, 4.69) is 10.3 Å². The molecule has 0 saturated heterocycles. The van der Waals surface area contributed by atoms with Crippen LogP contribution < -0.4 is 15.8 Å². The van der Waals surface area contributed by atoms with Gasteiger partial charge in [0.15, 0.2) is 11.4 Å². The van der Waals surface area contributed by atoms with Gasteiger partial charge >= 0.3 is 0 Å². The van der Waals surface area contributed by atoms with Crippen molar-refractivity contribution in [3.63, 3.8) is 0 Å². The van der Waals surface area contributed by atoms with Gasteiger partial charge in [-0.2, -0.15) is 0 Å². The molecule has 20 heavy (non-hydrogen) atoms. The number of carbonyl (C=O) groups excluding carboxylic acids is 2. The van der Waals surface area contributed by atoms with Crippen LogP contribution >= 0.6 is 0 Å². The number of pyridine rings is 1. The van der Waals surface area contributed by atoms with Gasteiger partial charge in [0.05, 0.1) is 6.54 Å². The lowest BCUT2D eigenvalue weighted by Gasteiger charge is -2.09. The summed E-state index contributed by atoms with van der Waals surface area (Å²) in [6, 6.07) is 12.2.